The van der Waals surface area contributed by atoms with Crippen LogP contribution in [0.3, 0.4) is 0 Å². The molecule has 24 heavy (non-hydrogen) atoms. The summed E-state index contributed by atoms with van der Waals surface area (Å²) >= 11 is 1.65. The predicted octanol–water partition coefficient (Wildman–Crippen LogP) is 3.68. The molecule has 3 rings (SSSR count). The number of hydrogen-bond donors (Lipinski definition) is 2. The topological polar surface area (TPSA) is 49.3 Å². The third-order valence-electron chi connectivity index (χ3n) is 3.55. The van der Waals surface area contributed by atoms with E-state index >= 15 is 0 Å². The normalized spacial score (nSPS) is 11.3. The SMILES string of the molecule is CN=C(NCc1ccccc1)NCc1nc(-c2ccccc2)cs1. The van der Waals surface area contributed by atoms with E-state index in [-0.39, 0.29) is 0 Å². The van der Waals surface area contributed by atoms with E-state index in [0.29, 0.717) is 6.54 Å². The molecule has 0 atom stereocenters. The van der Waals surface area contributed by atoms with Crippen molar-refractivity contribution in [2.75, 3.05) is 7.05 Å². The smallest absolute Gasteiger partial charge is 0.191 e. The fourth-order valence-electron chi connectivity index (χ4n) is 2.30. The monoisotopic (exact) mass is 336 g/mol. The molecule has 0 bridgehead atoms. The molecule has 0 aliphatic rings. The van der Waals surface area contributed by atoms with Crippen LogP contribution in [-0.4, -0.2) is 18.0 Å². The second-order valence-electron chi connectivity index (χ2n) is 5.26. The molecule has 3 aromatic rings. The lowest BCUT2D eigenvalue weighted by atomic mass is 10.2. The molecule has 4 nitrogen and oxygen atoms in total. The maximum atomic E-state index is 4.68. The Morgan fingerprint density at radius 1 is 0.958 bits per heavy atom. The Bertz CT molecular complexity index is 781. The van der Waals surface area contributed by atoms with Crippen molar-refractivity contribution < 1.29 is 0 Å². The molecule has 2 aromatic carbocycles. The minimum absolute atomic E-state index is 0.659. The molecular weight excluding hydrogens is 316 g/mol. The van der Waals surface area contributed by atoms with Gasteiger partial charge < -0.3 is 10.6 Å². The molecule has 0 unspecified atom stereocenters. The summed E-state index contributed by atoms with van der Waals surface area (Å²) in [6.45, 7) is 1.40. The number of hydrogen-bond acceptors (Lipinski definition) is 3. The Morgan fingerprint density at radius 2 is 1.62 bits per heavy atom. The van der Waals surface area contributed by atoms with Crippen LogP contribution < -0.4 is 10.6 Å². The number of thiazole rings is 1. The van der Waals surface area contributed by atoms with Gasteiger partial charge in [-0.25, -0.2) is 4.98 Å². The second kappa shape index (κ2) is 8.26. The molecule has 1 heterocycles. The van der Waals surface area contributed by atoms with Gasteiger partial charge in [-0.1, -0.05) is 60.7 Å². The summed E-state index contributed by atoms with van der Waals surface area (Å²) in [5.41, 5.74) is 3.39. The van der Waals surface area contributed by atoms with Crippen LogP contribution in [0.5, 0.6) is 0 Å². The van der Waals surface area contributed by atoms with E-state index in [9.17, 15) is 0 Å². The van der Waals surface area contributed by atoms with Crippen molar-refractivity contribution in [3.05, 3.63) is 76.6 Å². The van der Waals surface area contributed by atoms with Gasteiger partial charge in [0.1, 0.15) is 5.01 Å². The Morgan fingerprint density at radius 3 is 2.33 bits per heavy atom. The van der Waals surface area contributed by atoms with E-state index in [0.717, 1.165) is 28.8 Å². The Hall–Kier alpha value is -2.66. The predicted molar refractivity (Wildman–Crippen MR) is 101 cm³/mol. The van der Waals surface area contributed by atoms with Crippen LogP contribution in [0, 0.1) is 0 Å². The summed E-state index contributed by atoms with van der Waals surface area (Å²) in [5, 5.41) is 9.75. The molecule has 0 aliphatic heterocycles. The molecular formula is C19H20N4S. The molecule has 0 radical (unpaired) electrons. The number of nitrogens with zero attached hydrogens (tertiary/aromatic N) is 2. The summed E-state index contributed by atoms with van der Waals surface area (Å²) in [7, 11) is 1.78. The zero-order chi connectivity index (χ0) is 16.6. The van der Waals surface area contributed by atoms with Crippen molar-refractivity contribution in [3.8, 4) is 11.3 Å². The fraction of sp³-hybridized carbons (Fsp3) is 0.158. The van der Waals surface area contributed by atoms with Crippen molar-refractivity contribution in [2.24, 2.45) is 4.99 Å². The summed E-state index contributed by atoms with van der Waals surface area (Å²) in [5.74, 6) is 0.773. The summed E-state index contributed by atoms with van der Waals surface area (Å²) in [6, 6.07) is 20.5. The highest BCUT2D eigenvalue weighted by Gasteiger charge is 2.05. The molecule has 5 heteroatoms. The standard InChI is InChI=1S/C19H20N4S/c1-20-19(21-12-15-8-4-2-5-9-15)22-13-18-23-17(14-24-18)16-10-6-3-7-11-16/h2-11,14H,12-13H2,1H3,(H2,20,21,22). The molecule has 0 amide bonds. The van der Waals surface area contributed by atoms with Crippen molar-refractivity contribution in [3.63, 3.8) is 0 Å². The van der Waals surface area contributed by atoms with E-state index in [1.807, 2.05) is 36.4 Å². The third kappa shape index (κ3) is 4.43. The van der Waals surface area contributed by atoms with E-state index < -0.39 is 0 Å². The quantitative estimate of drug-likeness (QED) is 0.552. The molecule has 122 valence electrons. The minimum atomic E-state index is 0.659. The van der Waals surface area contributed by atoms with Crippen molar-refractivity contribution in [1.82, 2.24) is 15.6 Å². The summed E-state index contributed by atoms with van der Waals surface area (Å²) in [6.07, 6.45) is 0. The molecule has 1 aromatic heterocycles. The largest absolute Gasteiger partial charge is 0.352 e. The van der Waals surface area contributed by atoms with Gasteiger partial charge in [0.25, 0.3) is 0 Å². The maximum Gasteiger partial charge on any atom is 0.191 e. The first-order valence-electron chi connectivity index (χ1n) is 7.83. The van der Waals surface area contributed by atoms with E-state index in [1.54, 1.807) is 18.4 Å². The summed E-state index contributed by atoms with van der Waals surface area (Å²) < 4.78 is 0. The number of guanidine groups is 1. The van der Waals surface area contributed by atoms with Crippen LogP contribution in [0.25, 0.3) is 11.3 Å². The second-order valence-corrected chi connectivity index (χ2v) is 6.20. The molecule has 0 saturated carbocycles. The fourth-order valence-corrected chi connectivity index (χ4v) is 3.04. The van der Waals surface area contributed by atoms with Crippen molar-refractivity contribution in [1.29, 1.82) is 0 Å². The Labute approximate surface area is 146 Å². The lowest BCUT2D eigenvalue weighted by molar-refractivity contribution is 0.805. The van der Waals surface area contributed by atoms with E-state index in [1.165, 1.54) is 5.56 Å². The van der Waals surface area contributed by atoms with Gasteiger partial charge in [0.15, 0.2) is 5.96 Å². The van der Waals surface area contributed by atoms with E-state index in [4.69, 9.17) is 0 Å². The van der Waals surface area contributed by atoms with Gasteiger partial charge in [0.2, 0.25) is 0 Å². The zero-order valence-electron chi connectivity index (χ0n) is 13.6. The highest BCUT2D eigenvalue weighted by Crippen LogP contribution is 2.21. The highest BCUT2D eigenvalue weighted by molar-refractivity contribution is 7.09. The number of nitrogens with one attached hydrogen (secondary N) is 2. The lowest BCUT2D eigenvalue weighted by Gasteiger charge is -2.10. The molecule has 0 spiro atoms. The highest BCUT2D eigenvalue weighted by atomic mass is 32.1. The van der Waals surface area contributed by atoms with Gasteiger partial charge in [0, 0.05) is 24.5 Å². The molecule has 0 saturated heterocycles. The van der Waals surface area contributed by atoms with Crippen LogP contribution >= 0.6 is 11.3 Å². The van der Waals surface area contributed by atoms with Gasteiger partial charge in [-0.2, -0.15) is 0 Å². The van der Waals surface area contributed by atoms with Crippen LogP contribution in [0.4, 0.5) is 0 Å². The minimum Gasteiger partial charge on any atom is -0.352 e. The Kier molecular flexibility index (Phi) is 5.58. The first-order valence-corrected chi connectivity index (χ1v) is 8.71. The first-order chi connectivity index (χ1) is 11.8. The number of aliphatic imine (C=N–C) groups is 1. The third-order valence-corrected chi connectivity index (χ3v) is 4.40. The van der Waals surface area contributed by atoms with Gasteiger partial charge in [-0.3, -0.25) is 4.99 Å². The average Bonchev–Trinajstić information content (AvgIpc) is 3.12. The lowest BCUT2D eigenvalue weighted by Crippen LogP contribution is -2.36. The Balaban J connectivity index is 1.54. The van der Waals surface area contributed by atoms with Gasteiger partial charge in [-0.15, -0.1) is 11.3 Å². The number of aromatic nitrogens is 1. The van der Waals surface area contributed by atoms with Crippen LogP contribution in [0.1, 0.15) is 10.6 Å². The maximum absolute atomic E-state index is 4.68. The average molecular weight is 336 g/mol. The summed E-state index contributed by atoms with van der Waals surface area (Å²) in [4.78, 5) is 8.93. The molecule has 0 fully saturated rings. The van der Waals surface area contributed by atoms with Crippen LogP contribution in [0.15, 0.2) is 71.0 Å². The van der Waals surface area contributed by atoms with E-state index in [2.05, 4.69) is 50.3 Å². The molecule has 0 aliphatic carbocycles. The van der Waals surface area contributed by atoms with Crippen molar-refractivity contribution >= 4 is 17.3 Å². The first kappa shape index (κ1) is 16.2. The van der Waals surface area contributed by atoms with Crippen molar-refractivity contribution in [2.45, 2.75) is 13.1 Å². The van der Waals surface area contributed by atoms with Crippen LogP contribution in [-0.2, 0) is 13.1 Å². The van der Waals surface area contributed by atoms with Gasteiger partial charge >= 0.3 is 0 Å². The van der Waals surface area contributed by atoms with Gasteiger partial charge in [0.05, 0.1) is 12.2 Å². The number of benzene rings is 2. The number of rotatable bonds is 5. The molecule has 2 N–H and O–H groups in total. The zero-order valence-corrected chi connectivity index (χ0v) is 14.4. The van der Waals surface area contributed by atoms with Crippen LogP contribution in [0.2, 0.25) is 0 Å². The van der Waals surface area contributed by atoms with Gasteiger partial charge in [-0.05, 0) is 5.56 Å².